The Kier molecular flexibility index (Phi) is 6.02. The van der Waals surface area contributed by atoms with E-state index in [1.54, 1.807) is 0 Å². The second-order valence-electron chi connectivity index (χ2n) is 4.70. The van der Waals surface area contributed by atoms with Crippen molar-refractivity contribution in [3.8, 4) is 0 Å². The van der Waals surface area contributed by atoms with Crippen LogP contribution in [0.25, 0.3) is 0 Å². The van der Waals surface area contributed by atoms with E-state index in [-0.39, 0.29) is 5.91 Å². The molecule has 1 aliphatic rings. The highest BCUT2D eigenvalue weighted by atomic mass is 32.2. The van der Waals surface area contributed by atoms with Crippen molar-refractivity contribution in [3.63, 3.8) is 0 Å². The number of hydrogen-bond donors (Lipinski definition) is 2. The fraction of sp³-hybridized carbons (Fsp3) is 0.727. The van der Waals surface area contributed by atoms with Gasteiger partial charge >= 0.3 is 0 Å². The Balaban J connectivity index is 1.66. The number of amides is 1. The highest BCUT2D eigenvalue weighted by molar-refractivity contribution is 8.01. The van der Waals surface area contributed by atoms with Gasteiger partial charge in [0, 0.05) is 25.6 Å². The minimum atomic E-state index is -0.00401. The molecule has 9 heteroatoms. The van der Waals surface area contributed by atoms with Crippen LogP contribution in [0, 0.1) is 5.92 Å². The molecule has 2 heterocycles. The van der Waals surface area contributed by atoms with E-state index in [2.05, 4.69) is 27.5 Å². The molecule has 1 saturated heterocycles. The number of thioether (sulfide) groups is 1. The number of likely N-dealkylation sites (N-methyl/N-ethyl adjacent to an activating group) is 1. The summed E-state index contributed by atoms with van der Waals surface area (Å²) in [6.45, 7) is 3.99. The molecule has 0 aliphatic carbocycles. The summed E-state index contributed by atoms with van der Waals surface area (Å²) in [5.74, 6) is 0.669. The largest absolute Gasteiger partial charge is 0.380 e. The minimum absolute atomic E-state index is 0.00401. The molecule has 0 saturated carbocycles. The predicted molar refractivity (Wildman–Crippen MR) is 79.9 cm³/mol. The van der Waals surface area contributed by atoms with Crippen molar-refractivity contribution in [2.75, 3.05) is 51.4 Å². The highest BCUT2D eigenvalue weighted by Crippen LogP contribution is 2.22. The van der Waals surface area contributed by atoms with Crippen LogP contribution in [0.2, 0.25) is 0 Å². The molecular formula is C11H19N5O2S2. The van der Waals surface area contributed by atoms with Gasteiger partial charge in [0.1, 0.15) is 0 Å². The Morgan fingerprint density at radius 3 is 3.25 bits per heavy atom. The molecule has 1 amide bonds. The van der Waals surface area contributed by atoms with E-state index in [0.717, 1.165) is 24.0 Å². The second kappa shape index (κ2) is 7.77. The minimum Gasteiger partial charge on any atom is -0.380 e. The molecule has 1 unspecified atom stereocenters. The monoisotopic (exact) mass is 317 g/mol. The number of rotatable bonds is 5. The first kappa shape index (κ1) is 15.5. The summed E-state index contributed by atoms with van der Waals surface area (Å²) in [7, 11) is 2.07. The SMILES string of the molecule is CN1CCOCC(CNC(=O)CSc2nnc(N)s2)C1. The summed E-state index contributed by atoms with van der Waals surface area (Å²) < 4.78 is 6.23. The van der Waals surface area contributed by atoms with Crippen LogP contribution < -0.4 is 11.1 Å². The number of carbonyl (C=O) groups is 1. The predicted octanol–water partition coefficient (Wildman–Crippen LogP) is -0.0932. The topological polar surface area (TPSA) is 93.4 Å². The lowest BCUT2D eigenvalue weighted by molar-refractivity contribution is -0.118. The molecule has 7 nitrogen and oxygen atoms in total. The van der Waals surface area contributed by atoms with Crippen molar-refractivity contribution in [1.29, 1.82) is 0 Å². The molecule has 0 bridgehead atoms. The maximum Gasteiger partial charge on any atom is 0.230 e. The third-order valence-electron chi connectivity index (χ3n) is 2.88. The van der Waals surface area contributed by atoms with E-state index in [0.29, 0.717) is 30.0 Å². The number of anilines is 1. The summed E-state index contributed by atoms with van der Waals surface area (Å²) in [6.07, 6.45) is 0. The molecule has 20 heavy (non-hydrogen) atoms. The van der Waals surface area contributed by atoms with Crippen LogP contribution in [0.4, 0.5) is 5.13 Å². The molecule has 1 aromatic heterocycles. The van der Waals surface area contributed by atoms with Gasteiger partial charge in [-0.3, -0.25) is 4.79 Å². The Bertz CT molecular complexity index is 442. The summed E-state index contributed by atoms with van der Waals surface area (Å²) >= 11 is 2.64. The lowest BCUT2D eigenvalue weighted by atomic mass is 10.1. The Hall–Kier alpha value is -0.900. The average Bonchev–Trinajstić information content (AvgIpc) is 2.72. The number of nitrogens with zero attached hydrogens (tertiary/aromatic N) is 3. The molecule has 2 rings (SSSR count). The van der Waals surface area contributed by atoms with Gasteiger partial charge in [-0.25, -0.2) is 0 Å². The van der Waals surface area contributed by atoms with Gasteiger partial charge in [0.05, 0.1) is 19.0 Å². The molecule has 1 aromatic rings. The van der Waals surface area contributed by atoms with Crippen molar-refractivity contribution in [2.24, 2.45) is 5.92 Å². The van der Waals surface area contributed by atoms with Gasteiger partial charge < -0.3 is 20.7 Å². The van der Waals surface area contributed by atoms with Crippen molar-refractivity contribution >= 4 is 34.1 Å². The van der Waals surface area contributed by atoms with E-state index >= 15 is 0 Å². The zero-order valence-corrected chi connectivity index (χ0v) is 13.0. The summed E-state index contributed by atoms with van der Waals surface area (Å²) in [5.41, 5.74) is 5.48. The molecule has 1 aliphatic heterocycles. The quantitative estimate of drug-likeness (QED) is 0.733. The van der Waals surface area contributed by atoms with Crippen LogP contribution >= 0.6 is 23.1 Å². The molecule has 3 N–H and O–H groups in total. The van der Waals surface area contributed by atoms with Gasteiger partial charge in [0.15, 0.2) is 4.34 Å². The Morgan fingerprint density at radius 2 is 2.50 bits per heavy atom. The van der Waals surface area contributed by atoms with Crippen molar-refractivity contribution in [2.45, 2.75) is 4.34 Å². The number of ether oxygens (including phenoxy) is 1. The maximum absolute atomic E-state index is 11.8. The first-order valence-corrected chi connectivity index (χ1v) is 8.18. The van der Waals surface area contributed by atoms with Crippen LogP contribution in [0.3, 0.4) is 0 Å². The molecule has 1 atom stereocenters. The number of nitrogens with one attached hydrogen (secondary N) is 1. The van der Waals surface area contributed by atoms with Gasteiger partial charge in [0.2, 0.25) is 11.0 Å². The molecular weight excluding hydrogens is 298 g/mol. The van der Waals surface area contributed by atoms with E-state index in [1.807, 2.05) is 0 Å². The van der Waals surface area contributed by atoms with Crippen molar-refractivity contribution < 1.29 is 9.53 Å². The van der Waals surface area contributed by atoms with Gasteiger partial charge in [-0.05, 0) is 7.05 Å². The number of nitrogens with two attached hydrogens (primary N) is 1. The fourth-order valence-corrected chi connectivity index (χ4v) is 3.36. The second-order valence-corrected chi connectivity index (χ2v) is 6.93. The number of hydrogen-bond acceptors (Lipinski definition) is 8. The Morgan fingerprint density at radius 1 is 1.65 bits per heavy atom. The van der Waals surface area contributed by atoms with Crippen LogP contribution in [0.1, 0.15) is 0 Å². The summed E-state index contributed by atoms with van der Waals surface area (Å²) in [5, 5.41) is 10.9. The number of carbonyl (C=O) groups excluding carboxylic acids is 1. The lowest BCUT2D eigenvalue weighted by Gasteiger charge is -2.19. The van der Waals surface area contributed by atoms with Gasteiger partial charge in [-0.15, -0.1) is 10.2 Å². The van der Waals surface area contributed by atoms with Crippen LogP contribution in [-0.2, 0) is 9.53 Å². The van der Waals surface area contributed by atoms with E-state index in [9.17, 15) is 4.79 Å². The molecule has 0 radical (unpaired) electrons. The van der Waals surface area contributed by atoms with Crippen molar-refractivity contribution in [1.82, 2.24) is 20.4 Å². The first-order valence-electron chi connectivity index (χ1n) is 6.38. The van der Waals surface area contributed by atoms with E-state index in [4.69, 9.17) is 10.5 Å². The number of nitrogen functional groups attached to an aromatic ring is 1. The number of aromatic nitrogens is 2. The summed E-state index contributed by atoms with van der Waals surface area (Å²) in [6, 6.07) is 0. The normalized spacial score (nSPS) is 20.6. The van der Waals surface area contributed by atoms with Crippen molar-refractivity contribution in [3.05, 3.63) is 0 Å². The maximum atomic E-state index is 11.8. The van der Waals surface area contributed by atoms with Gasteiger partial charge in [-0.1, -0.05) is 23.1 Å². The standard InChI is InChI=1S/C11H19N5O2S2/c1-16-2-3-18-6-8(5-16)4-13-9(17)7-19-11-15-14-10(12)20-11/h8H,2-7H2,1H3,(H2,12,14)(H,13,17). The smallest absolute Gasteiger partial charge is 0.230 e. The fourth-order valence-electron chi connectivity index (χ4n) is 1.89. The van der Waals surface area contributed by atoms with Gasteiger partial charge in [-0.2, -0.15) is 0 Å². The van der Waals surface area contributed by atoms with E-state index < -0.39 is 0 Å². The molecule has 0 aromatic carbocycles. The van der Waals surface area contributed by atoms with Crippen LogP contribution in [-0.4, -0.2) is 66.7 Å². The molecule has 112 valence electrons. The van der Waals surface area contributed by atoms with E-state index in [1.165, 1.54) is 23.1 Å². The molecule has 1 fully saturated rings. The van der Waals surface area contributed by atoms with Crippen LogP contribution in [0.15, 0.2) is 4.34 Å². The lowest BCUT2D eigenvalue weighted by Crippen LogP contribution is -2.36. The first-order chi connectivity index (χ1) is 9.63. The Labute approximate surface area is 126 Å². The van der Waals surface area contributed by atoms with Gasteiger partial charge in [0.25, 0.3) is 0 Å². The zero-order chi connectivity index (χ0) is 14.4. The average molecular weight is 317 g/mol. The third-order valence-corrected chi connectivity index (χ3v) is 4.76. The third kappa shape index (κ3) is 5.23. The zero-order valence-electron chi connectivity index (χ0n) is 11.4. The highest BCUT2D eigenvalue weighted by Gasteiger charge is 2.17. The molecule has 0 spiro atoms. The van der Waals surface area contributed by atoms with Crippen LogP contribution in [0.5, 0.6) is 0 Å². The summed E-state index contributed by atoms with van der Waals surface area (Å²) in [4.78, 5) is 14.0.